The molecule has 1 saturated heterocycles. The second kappa shape index (κ2) is 4.33. The Balaban J connectivity index is 1.75. The molecule has 1 heterocycles. The van der Waals surface area contributed by atoms with Crippen LogP contribution in [0.15, 0.2) is 23.9 Å². The van der Waals surface area contributed by atoms with Crippen LogP contribution >= 0.6 is 0 Å². The zero-order chi connectivity index (χ0) is 15.7. The molecule has 3 nitrogen and oxygen atoms in total. The van der Waals surface area contributed by atoms with E-state index in [9.17, 15) is 9.59 Å². The van der Waals surface area contributed by atoms with Crippen LogP contribution in [0.5, 0.6) is 0 Å². The molecule has 0 amide bonds. The van der Waals surface area contributed by atoms with E-state index < -0.39 is 0 Å². The molecule has 5 atom stereocenters. The maximum atomic E-state index is 12.1. The summed E-state index contributed by atoms with van der Waals surface area (Å²) in [7, 11) is 2.11. The summed E-state index contributed by atoms with van der Waals surface area (Å²) in [6.07, 6.45) is 9.57. The van der Waals surface area contributed by atoms with E-state index in [1.807, 2.05) is 6.08 Å². The maximum Gasteiger partial charge on any atom is 0.180 e. The number of ketones is 2. The molecule has 0 radical (unpaired) electrons. The Labute approximate surface area is 132 Å². The van der Waals surface area contributed by atoms with Crippen molar-refractivity contribution in [2.75, 3.05) is 13.6 Å². The number of hydrogen-bond acceptors (Lipinski definition) is 3. The molecule has 3 fully saturated rings. The van der Waals surface area contributed by atoms with Crippen LogP contribution in [-0.2, 0) is 9.59 Å². The average molecular weight is 299 g/mol. The van der Waals surface area contributed by atoms with Crippen LogP contribution in [0, 0.1) is 28.6 Å². The SMILES string of the molecule is CN1C[C@H]2[C@@H]3CC(=O)C[C@@]3(C)CC[C@@H]2[C@@]2(C)C=CC(=O)C=C12. The first-order valence-electron chi connectivity index (χ1n) is 8.52. The summed E-state index contributed by atoms with van der Waals surface area (Å²) >= 11 is 0. The molecule has 0 N–H and O–H groups in total. The lowest BCUT2D eigenvalue weighted by Crippen LogP contribution is -2.55. The average Bonchev–Trinajstić information content (AvgIpc) is 2.76. The number of hydrogen-bond donors (Lipinski definition) is 0. The Morgan fingerprint density at radius 3 is 2.77 bits per heavy atom. The Morgan fingerprint density at radius 2 is 2.00 bits per heavy atom. The van der Waals surface area contributed by atoms with Crippen LogP contribution < -0.4 is 0 Å². The van der Waals surface area contributed by atoms with Crippen LogP contribution in [0.1, 0.15) is 39.5 Å². The molecular formula is C19H25NO2. The number of allylic oxidation sites excluding steroid dienone is 3. The number of carbonyl (C=O) groups is 2. The Morgan fingerprint density at radius 1 is 1.23 bits per heavy atom. The third kappa shape index (κ3) is 1.74. The van der Waals surface area contributed by atoms with E-state index in [1.165, 1.54) is 12.1 Å². The Kier molecular flexibility index (Phi) is 2.80. The highest BCUT2D eigenvalue weighted by molar-refractivity contribution is 6.01. The topological polar surface area (TPSA) is 37.4 Å². The second-order valence-electron chi connectivity index (χ2n) is 8.42. The summed E-state index contributed by atoms with van der Waals surface area (Å²) in [5.74, 6) is 2.20. The summed E-state index contributed by atoms with van der Waals surface area (Å²) in [4.78, 5) is 26.2. The van der Waals surface area contributed by atoms with E-state index in [0.29, 0.717) is 23.5 Å². The molecule has 0 aromatic carbocycles. The van der Waals surface area contributed by atoms with E-state index in [1.54, 1.807) is 6.08 Å². The summed E-state index contributed by atoms with van der Waals surface area (Å²) in [6, 6.07) is 0. The van der Waals surface area contributed by atoms with Gasteiger partial charge in [-0.05, 0) is 42.1 Å². The predicted octanol–water partition coefficient (Wildman–Crippen LogP) is 2.97. The summed E-state index contributed by atoms with van der Waals surface area (Å²) in [5, 5.41) is 0. The zero-order valence-corrected chi connectivity index (χ0v) is 13.8. The van der Waals surface area contributed by atoms with Gasteiger partial charge in [-0.2, -0.15) is 0 Å². The summed E-state index contributed by atoms with van der Waals surface area (Å²) in [5.41, 5.74) is 1.35. The lowest BCUT2D eigenvalue weighted by Gasteiger charge is -2.58. The number of carbonyl (C=O) groups excluding carboxylic acids is 2. The van der Waals surface area contributed by atoms with Gasteiger partial charge in [-0.1, -0.05) is 19.9 Å². The standard InChI is InChI=1S/C19H25NO2/c1-18-6-5-15-14(16(18)8-13(22)10-18)11-20(3)17-9-12(21)4-7-19(15,17)2/h4,7,9,14-16H,5-6,8,10-11H2,1-3H3/t14-,15+,16+,18-,19-/m1/s1. The van der Waals surface area contributed by atoms with Crippen LogP contribution in [0.4, 0.5) is 0 Å². The monoisotopic (exact) mass is 299 g/mol. The van der Waals surface area contributed by atoms with Crippen molar-refractivity contribution in [3.63, 3.8) is 0 Å². The van der Waals surface area contributed by atoms with Gasteiger partial charge >= 0.3 is 0 Å². The number of Topliss-reactive ketones (excluding diaryl/α,β-unsaturated/α-hetero) is 1. The van der Waals surface area contributed by atoms with Crippen molar-refractivity contribution in [1.29, 1.82) is 0 Å². The summed E-state index contributed by atoms with van der Waals surface area (Å²) < 4.78 is 0. The normalized spacial score (nSPS) is 47.0. The molecule has 4 aliphatic rings. The Hall–Kier alpha value is -1.38. The highest BCUT2D eigenvalue weighted by Crippen LogP contribution is 2.62. The van der Waals surface area contributed by atoms with E-state index in [0.717, 1.165) is 25.8 Å². The van der Waals surface area contributed by atoms with Gasteiger partial charge in [0.15, 0.2) is 5.78 Å². The molecule has 3 heteroatoms. The van der Waals surface area contributed by atoms with Gasteiger partial charge < -0.3 is 4.90 Å². The molecule has 0 aromatic rings. The fraction of sp³-hybridized carbons (Fsp3) is 0.684. The number of rotatable bonds is 0. The smallest absolute Gasteiger partial charge is 0.180 e. The summed E-state index contributed by atoms with van der Waals surface area (Å²) in [6.45, 7) is 5.60. The van der Waals surface area contributed by atoms with Gasteiger partial charge in [0.1, 0.15) is 5.78 Å². The van der Waals surface area contributed by atoms with Gasteiger partial charge in [-0.15, -0.1) is 0 Å². The van der Waals surface area contributed by atoms with Crippen LogP contribution in [-0.4, -0.2) is 30.1 Å². The molecule has 0 spiro atoms. The van der Waals surface area contributed by atoms with Crippen molar-refractivity contribution in [2.45, 2.75) is 39.5 Å². The van der Waals surface area contributed by atoms with Crippen molar-refractivity contribution < 1.29 is 9.59 Å². The number of piperidine rings is 1. The number of nitrogens with zero attached hydrogens (tertiary/aromatic N) is 1. The van der Waals surface area contributed by atoms with Gasteiger partial charge in [0, 0.05) is 43.6 Å². The third-order valence-corrected chi connectivity index (χ3v) is 7.09. The van der Waals surface area contributed by atoms with Crippen LogP contribution in [0.3, 0.4) is 0 Å². The molecule has 0 aromatic heterocycles. The highest BCUT2D eigenvalue weighted by atomic mass is 16.1. The fourth-order valence-electron chi connectivity index (χ4n) is 5.99. The molecular weight excluding hydrogens is 274 g/mol. The quantitative estimate of drug-likeness (QED) is 0.690. The minimum absolute atomic E-state index is 0.0431. The van der Waals surface area contributed by atoms with E-state index >= 15 is 0 Å². The van der Waals surface area contributed by atoms with E-state index in [2.05, 4.69) is 31.9 Å². The molecule has 22 heavy (non-hydrogen) atoms. The molecule has 118 valence electrons. The first-order valence-corrected chi connectivity index (χ1v) is 8.52. The second-order valence-corrected chi connectivity index (χ2v) is 8.42. The maximum absolute atomic E-state index is 12.1. The fourth-order valence-corrected chi connectivity index (χ4v) is 5.99. The van der Waals surface area contributed by atoms with E-state index in [-0.39, 0.29) is 16.6 Å². The van der Waals surface area contributed by atoms with E-state index in [4.69, 9.17) is 0 Å². The van der Waals surface area contributed by atoms with Gasteiger partial charge in [-0.25, -0.2) is 0 Å². The zero-order valence-electron chi connectivity index (χ0n) is 13.8. The number of likely N-dealkylation sites (tertiary alicyclic amines) is 1. The first kappa shape index (κ1) is 14.2. The lowest BCUT2D eigenvalue weighted by molar-refractivity contribution is -0.118. The Bertz CT molecular complexity index is 619. The molecule has 2 saturated carbocycles. The minimum Gasteiger partial charge on any atom is -0.377 e. The van der Waals surface area contributed by atoms with Crippen LogP contribution in [0.2, 0.25) is 0 Å². The predicted molar refractivity (Wildman–Crippen MR) is 85.0 cm³/mol. The van der Waals surface area contributed by atoms with Crippen molar-refractivity contribution in [2.24, 2.45) is 28.6 Å². The largest absolute Gasteiger partial charge is 0.377 e. The van der Waals surface area contributed by atoms with Gasteiger partial charge in [0.25, 0.3) is 0 Å². The van der Waals surface area contributed by atoms with Gasteiger partial charge in [0.2, 0.25) is 0 Å². The number of fused-ring (bicyclic) bond motifs is 5. The molecule has 1 aliphatic heterocycles. The molecule has 3 aliphatic carbocycles. The van der Waals surface area contributed by atoms with Crippen molar-refractivity contribution in [3.8, 4) is 0 Å². The minimum atomic E-state index is -0.0431. The van der Waals surface area contributed by atoms with Crippen LogP contribution in [0.25, 0.3) is 0 Å². The molecule has 0 bridgehead atoms. The molecule has 0 unspecified atom stereocenters. The third-order valence-electron chi connectivity index (χ3n) is 7.09. The van der Waals surface area contributed by atoms with Gasteiger partial charge in [0.05, 0.1) is 0 Å². The lowest BCUT2D eigenvalue weighted by atomic mass is 9.51. The first-order chi connectivity index (χ1) is 10.3. The highest BCUT2D eigenvalue weighted by Gasteiger charge is 2.58. The molecule has 4 rings (SSSR count). The van der Waals surface area contributed by atoms with Crippen molar-refractivity contribution >= 4 is 11.6 Å². The van der Waals surface area contributed by atoms with Crippen molar-refractivity contribution in [1.82, 2.24) is 4.90 Å². The van der Waals surface area contributed by atoms with Crippen molar-refractivity contribution in [3.05, 3.63) is 23.9 Å². The van der Waals surface area contributed by atoms with Gasteiger partial charge in [-0.3, -0.25) is 9.59 Å².